The zero-order valence-corrected chi connectivity index (χ0v) is 11.2. The fourth-order valence-electron chi connectivity index (χ4n) is 2.59. The smallest absolute Gasteiger partial charge is 0.407 e. The second-order valence-corrected chi connectivity index (χ2v) is 5.11. The molecule has 0 aromatic heterocycles. The normalized spacial score (nSPS) is 26.1. The highest BCUT2D eigenvalue weighted by Gasteiger charge is 2.32. The van der Waals surface area contributed by atoms with Crippen LogP contribution in [0.25, 0.3) is 0 Å². The average molecular weight is 263 g/mol. The van der Waals surface area contributed by atoms with Crippen LogP contribution in [0.2, 0.25) is 0 Å². The Morgan fingerprint density at radius 1 is 1.37 bits per heavy atom. The van der Waals surface area contributed by atoms with E-state index in [1.165, 1.54) is 0 Å². The van der Waals surface area contributed by atoms with E-state index in [0.717, 1.165) is 18.4 Å². The molecule has 0 aliphatic heterocycles. The number of aliphatic hydroxyl groups is 1. The minimum absolute atomic E-state index is 0.0308. The highest BCUT2D eigenvalue weighted by atomic mass is 16.5. The standard InChI is InChI=1S/C15H21NO3/c1-2-12-8-13(9-14(12)17)16-15(18)19-10-11-6-4-3-5-7-11/h3-7,12-14,17H,2,8-10H2,1H3,(H,16,18)/t12-,13?,14-/m0/s1. The second-order valence-electron chi connectivity index (χ2n) is 5.11. The van der Waals surface area contributed by atoms with Gasteiger partial charge in [0, 0.05) is 6.04 Å². The molecule has 1 fully saturated rings. The summed E-state index contributed by atoms with van der Waals surface area (Å²) in [7, 11) is 0. The van der Waals surface area contributed by atoms with Crippen molar-refractivity contribution in [1.29, 1.82) is 0 Å². The van der Waals surface area contributed by atoms with E-state index in [1.54, 1.807) is 0 Å². The van der Waals surface area contributed by atoms with Crippen LogP contribution in [0.15, 0.2) is 30.3 Å². The van der Waals surface area contributed by atoms with Gasteiger partial charge in [0.05, 0.1) is 6.10 Å². The summed E-state index contributed by atoms with van der Waals surface area (Å²) in [6, 6.07) is 9.61. The van der Waals surface area contributed by atoms with Gasteiger partial charge in [0.1, 0.15) is 6.61 Å². The largest absolute Gasteiger partial charge is 0.445 e. The van der Waals surface area contributed by atoms with Crippen LogP contribution in [0.4, 0.5) is 4.79 Å². The van der Waals surface area contributed by atoms with Gasteiger partial charge in [-0.25, -0.2) is 4.79 Å². The predicted octanol–water partition coefficient (Wildman–Crippen LogP) is 2.46. The lowest BCUT2D eigenvalue weighted by Crippen LogP contribution is -2.33. The highest BCUT2D eigenvalue weighted by molar-refractivity contribution is 5.67. The Labute approximate surface area is 113 Å². The summed E-state index contributed by atoms with van der Waals surface area (Å²) in [5, 5.41) is 12.6. The van der Waals surface area contributed by atoms with Gasteiger partial charge in [0.2, 0.25) is 0 Å². The molecule has 0 spiro atoms. The third-order valence-electron chi connectivity index (χ3n) is 3.72. The number of alkyl carbamates (subject to hydrolysis) is 1. The molecule has 1 aliphatic rings. The molecule has 3 atom stereocenters. The number of hydrogen-bond donors (Lipinski definition) is 2. The van der Waals surface area contributed by atoms with Gasteiger partial charge < -0.3 is 15.2 Å². The van der Waals surface area contributed by atoms with Crippen molar-refractivity contribution in [2.75, 3.05) is 0 Å². The Kier molecular flexibility index (Phi) is 4.80. The third kappa shape index (κ3) is 3.96. The summed E-state index contributed by atoms with van der Waals surface area (Å²) in [6.45, 7) is 2.34. The molecule has 1 aromatic carbocycles. The van der Waals surface area contributed by atoms with Gasteiger partial charge >= 0.3 is 6.09 Å². The van der Waals surface area contributed by atoms with Gasteiger partial charge in [0.25, 0.3) is 0 Å². The zero-order valence-electron chi connectivity index (χ0n) is 11.2. The van der Waals surface area contributed by atoms with Crippen LogP contribution >= 0.6 is 0 Å². The van der Waals surface area contributed by atoms with Gasteiger partial charge in [-0.1, -0.05) is 43.7 Å². The predicted molar refractivity (Wildman–Crippen MR) is 72.6 cm³/mol. The minimum Gasteiger partial charge on any atom is -0.445 e. The maximum absolute atomic E-state index is 11.7. The molecule has 0 saturated heterocycles. The van der Waals surface area contributed by atoms with Crippen molar-refractivity contribution in [3.63, 3.8) is 0 Å². The van der Waals surface area contributed by atoms with Gasteiger partial charge in [-0.15, -0.1) is 0 Å². The lowest BCUT2D eigenvalue weighted by atomic mass is 10.0. The summed E-state index contributed by atoms with van der Waals surface area (Å²) in [6.07, 6.45) is 1.69. The van der Waals surface area contributed by atoms with E-state index >= 15 is 0 Å². The molecule has 19 heavy (non-hydrogen) atoms. The number of ether oxygens (including phenoxy) is 1. The van der Waals surface area contributed by atoms with Gasteiger partial charge in [-0.05, 0) is 24.3 Å². The number of rotatable bonds is 4. The summed E-state index contributed by atoms with van der Waals surface area (Å²) < 4.78 is 5.16. The Hall–Kier alpha value is -1.55. The van der Waals surface area contributed by atoms with E-state index in [1.807, 2.05) is 30.3 Å². The van der Waals surface area contributed by atoms with E-state index in [0.29, 0.717) is 12.3 Å². The van der Waals surface area contributed by atoms with E-state index in [9.17, 15) is 9.90 Å². The zero-order chi connectivity index (χ0) is 13.7. The number of carbonyl (C=O) groups excluding carboxylic acids is 1. The molecule has 1 aliphatic carbocycles. The Bertz CT molecular complexity index is 407. The fraction of sp³-hybridized carbons (Fsp3) is 0.533. The minimum atomic E-state index is -0.405. The van der Waals surface area contributed by atoms with Gasteiger partial charge in [-0.2, -0.15) is 0 Å². The molecule has 1 amide bonds. The number of aliphatic hydroxyl groups excluding tert-OH is 1. The maximum atomic E-state index is 11.7. The lowest BCUT2D eigenvalue weighted by molar-refractivity contribution is 0.126. The first-order valence-corrected chi connectivity index (χ1v) is 6.84. The van der Waals surface area contributed by atoms with Crippen molar-refractivity contribution in [2.45, 2.75) is 44.9 Å². The number of carbonyl (C=O) groups is 1. The van der Waals surface area contributed by atoms with Crippen LogP contribution in [0.1, 0.15) is 31.7 Å². The van der Waals surface area contributed by atoms with Crippen molar-refractivity contribution in [3.05, 3.63) is 35.9 Å². The number of benzene rings is 1. The van der Waals surface area contributed by atoms with E-state index in [4.69, 9.17) is 4.74 Å². The Morgan fingerprint density at radius 3 is 2.74 bits per heavy atom. The Balaban J connectivity index is 1.73. The van der Waals surface area contributed by atoms with Crippen LogP contribution in [0, 0.1) is 5.92 Å². The van der Waals surface area contributed by atoms with Crippen LogP contribution in [-0.2, 0) is 11.3 Å². The van der Waals surface area contributed by atoms with E-state index in [2.05, 4.69) is 12.2 Å². The van der Waals surface area contributed by atoms with Crippen LogP contribution in [0.5, 0.6) is 0 Å². The first kappa shape index (κ1) is 13.9. The third-order valence-corrected chi connectivity index (χ3v) is 3.72. The van der Waals surface area contributed by atoms with Crippen molar-refractivity contribution in [2.24, 2.45) is 5.92 Å². The van der Waals surface area contributed by atoms with Gasteiger partial charge in [0.15, 0.2) is 0 Å². The van der Waals surface area contributed by atoms with Crippen molar-refractivity contribution >= 4 is 6.09 Å². The monoisotopic (exact) mass is 263 g/mol. The molecule has 1 aromatic rings. The van der Waals surface area contributed by atoms with E-state index in [-0.39, 0.29) is 18.8 Å². The molecule has 1 unspecified atom stereocenters. The molecule has 2 rings (SSSR count). The van der Waals surface area contributed by atoms with Crippen LogP contribution in [-0.4, -0.2) is 23.3 Å². The SMILES string of the molecule is CC[C@H]1CC(NC(=O)OCc2ccccc2)C[C@@H]1O. The molecule has 0 heterocycles. The molecule has 4 nitrogen and oxygen atoms in total. The van der Waals surface area contributed by atoms with Crippen LogP contribution in [0.3, 0.4) is 0 Å². The maximum Gasteiger partial charge on any atom is 0.407 e. The van der Waals surface area contributed by atoms with Gasteiger partial charge in [-0.3, -0.25) is 0 Å². The lowest BCUT2D eigenvalue weighted by Gasteiger charge is -2.12. The molecular weight excluding hydrogens is 242 g/mol. The van der Waals surface area contributed by atoms with Crippen molar-refractivity contribution in [1.82, 2.24) is 5.32 Å². The quantitative estimate of drug-likeness (QED) is 0.877. The molecular formula is C15H21NO3. The summed E-state index contributed by atoms with van der Waals surface area (Å²) in [4.78, 5) is 11.7. The number of amides is 1. The van der Waals surface area contributed by atoms with Crippen molar-refractivity contribution in [3.8, 4) is 0 Å². The van der Waals surface area contributed by atoms with Crippen molar-refractivity contribution < 1.29 is 14.6 Å². The molecule has 2 N–H and O–H groups in total. The number of hydrogen-bond acceptors (Lipinski definition) is 3. The fourth-order valence-corrected chi connectivity index (χ4v) is 2.59. The molecule has 1 saturated carbocycles. The first-order valence-electron chi connectivity index (χ1n) is 6.84. The Morgan fingerprint density at radius 2 is 2.11 bits per heavy atom. The molecule has 0 bridgehead atoms. The molecule has 0 radical (unpaired) electrons. The summed E-state index contributed by atoms with van der Waals surface area (Å²) >= 11 is 0. The first-order chi connectivity index (χ1) is 9.19. The summed E-state index contributed by atoms with van der Waals surface area (Å²) in [5.74, 6) is 0.291. The topological polar surface area (TPSA) is 58.6 Å². The average Bonchev–Trinajstić information content (AvgIpc) is 2.77. The van der Waals surface area contributed by atoms with E-state index < -0.39 is 6.09 Å². The second kappa shape index (κ2) is 6.57. The van der Waals surface area contributed by atoms with Crippen LogP contribution < -0.4 is 5.32 Å². The molecule has 104 valence electrons. The summed E-state index contributed by atoms with van der Waals surface area (Å²) in [5.41, 5.74) is 0.968. The highest BCUT2D eigenvalue weighted by Crippen LogP contribution is 2.28. The number of nitrogens with one attached hydrogen (secondary N) is 1. The molecule has 4 heteroatoms.